The molecule has 8 nitrogen and oxygen atoms in total. The summed E-state index contributed by atoms with van der Waals surface area (Å²) in [6, 6.07) is 12.2. The molecule has 1 fully saturated rings. The Bertz CT molecular complexity index is 894. The smallest absolute Gasteiger partial charge is 0.293 e. The summed E-state index contributed by atoms with van der Waals surface area (Å²) >= 11 is 0. The number of nitro benzene ring substituents is 1. The maximum absolute atomic E-state index is 12.5. The van der Waals surface area contributed by atoms with Gasteiger partial charge >= 0.3 is 0 Å². The molecule has 0 bridgehead atoms. The molecule has 2 N–H and O–H groups in total. The van der Waals surface area contributed by atoms with Gasteiger partial charge in [-0.25, -0.2) is 8.42 Å². The molecule has 0 radical (unpaired) electrons. The van der Waals surface area contributed by atoms with Crippen LogP contribution in [0.25, 0.3) is 0 Å². The number of para-hydroxylation sites is 1. The first-order chi connectivity index (χ1) is 12.4. The standard InChI is InChI=1S/C17H19N3O5S/c21-14-8-10-19(11-9-14)16-7-6-15(12-17(16)20(22)23)26(24,25)18-13-4-2-1-3-5-13/h1-7,12,14,18,21H,8-11H2. The molecule has 9 heteroatoms. The molecule has 1 saturated heterocycles. The fourth-order valence-corrected chi connectivity index (χ4v) is 3.99. The molecule has 0 atom stereocenters. The molecule has 1 heterocycles. The number of sulfonamides is 1. The predicted octanol–water partition coefficient (Wildman–Crippen LogP) is 2.36. The van der Waals surface area contributed by atoms with E-state index in [9.17, 15) is 23.6 Å². The number of piperidine rings is 1. The van der Waals surface area contributed by atoms with E-state index in [1.807, 2.05) is 0 Å². The quantitative estimate of drug-likeness (QED) is 0.611. The van der Waals surface area contributed by atoms with E-state index in [1.165, 1.54) is 12.1 Å². The highest BCUT2D eigenvalue weighted by Crippen LogP contribution is 2.33. The first-order valence-electron chi connectivity index (χ1n) is 8.16. The Balaban J connectivity index is 1.92. The highest BCUT2D eigenvalue weighted by atomic mass is 32.2. The number of hydrogen-bond donors (Lipinski definition) is 2. The molecule has 0 spiro atoms. The van der Waals surface area contributed by atoms with E-state index in [0.717, 1.165) is 6.07 Å². The molecule has 0 aromatic heterocycles. The molecule has 138 valence electrons. The monoisotopic (exact) mass is 377 g/mol. The van der Waals surface area contributed by atoms with Gasteiger partial charge in [-0.05, 0) is 37.1 Å². The van der Waals surface area contributed by atoms with Crippen molar-refractivity contribution in [1.82, 2.24) is 0 Å². The van der Waals surface area contributed by atoms with Gasteiger partial charge in [0.15, 0.2) is 0 Å². The third kappa shape index (κ3) is 3.94. The summed E-state index contributed by atoms with van der Waals surface area (Å²) in [7, 11) is -3.94. The lowest BCUT2D eigenvalue weighted by Gasteiger charge is -2.31. The van der Waals surface area contributed by atoms with Gasteiger partial charge in [-0.1, -0.05) is 18.2 Å². The van der Waals surface area contributed by atoms with Crippen LogP contribution in [0.4, 0.5) is 17.1 Å². The van der Waals surface area contributed by atoms with Gasteiger partial charge in [-0.15, -0.1) is 0 Å². The van der Waals surface area contributed by atoms with Crippen LogP contribution in [-0.4, -0.2) is 37.6 Å². The number of nitrogens with one attached hydrogen (secondary N) is 1. The van der Waals surface area contributed by atoms with Gasteiger partial charge in [-0.2, -0.15) is 0 Å². The van der Waals surface area contributed by atoms with Crippen LogP contribution in [0.2, 0.25) is 0 Å². The van der Waals surface area contributed by atoms with E-state index in [0.29, 0.717) is 37.3 Å². The van der Waals surface area contributed by atoms with Crippen molar-refractivity contribution >= 4 is 27.1 Å². The number of aliphatic hydroxyl groups is 1. The fourth-order valence-electron chi connectivity index (χ4n) is 2.91. The SMILES string of the molecule is O=[N+]([O-])c1cc(S(=O)(=O)Nc2ccccc2)ccc1N1CCC(O)CC1. The number of nitro groups is 1. The number of benzene rings is 2. The fraction of sp³-hybridized carbons (Fsp3) is 0.294. The lowest BCUT2D eigenvalue weighted by atomic mass is 10.1. The zero-order valence-electron chi connectivity index (χ0n) is 13.9. The Hall–Kier alpha value is -2.65. The molecule has 3 rings (SSSR count). The second-order valence-electron chi connectivity index (χ2n) is 6.10. The summed E-state index contributed by atoms with van der Waals surface area (Å²) in [4.78, 5) is 12.5. The van der Waals surface area contributed by atoms with Crippen molar-refractivity contribution in [3.8, 4) is 0 Å². The molecule has 0 aliphatic carbocycles. The summed E-state index contributed by atoms with van der Waals surface area (Å²) in [5.74, 6) is 0. The molecule has 0 amide bonds. The minimum absolute atomic E-state index is 0.172. The van der Waals surface area contributed by atoms with Crippen LogP contribution >= 0.6 is 0 Å². The van der Waals surface area contributed by atoms with Crippen molar-refractivity contribution in [3.63, 3.8) is 0 Å². The highest BCUT2D eigenvalue weighted by Gasteiger charge is 2.26. The van der Waals surface area contributed by atoms with Gasteiger partial charge in [0.1, 0.15) is 5.69 Å². The van der Waals surface area contributed by atoms with Crippen LogP contribution in [0.3, 0.4) is 0 Å². The Morgan fingerprint density at radius 3 is 2.38 bits per heavy atom. The van der Waals surface area contributed by atoms with Crippen LogP contribution in [0.15, 0.2) is 53.4 Å². The molecule has 1 aliphatic rings. The average Bonchev–Trinajstić information content (AvgIpc) is 2.62. The molecule has 0 saturated carbocycles. The number of aliphatic hydroxyl groups excluding tert-OH is 1. The maximum atomic E-state index is 12.5. The summed E-state index contributed by atoms with van der Waals surface area (Å²) in [6.45, 7) is 0.965. The summed E-state index contributed by atoms with van der Waals surface area (Å²) in [6.07, 6.45) is 0.638. The molecular formula is C17H19N3O5S. The van der Waals surface area contributed by atoms with Crippen molar-refractivity contribution in [3.05, 3.63) is 58.6 Å². The zero-order chi connectivity index (χ0) is 18.7. The topological polar surface area (TPSA) is 113 Å². The van der Waals surface area contributed by atoms with Gasteiger partial charge in [0.25, 0.3) is 15.7 Å². The third-order valence-electron chi connectivity index (χ3n) is 4.29. The Labute approximate surface area is 151 Å². The van der Waals surface area contributed by atoms with Crippen LogP contribution < -0.4 is 9.62 Å². The lowest BCUT2D eigenvalue weighted by molar-refractivity contribution is -0.384. The van der Waals surface area contributed by atoms with Gasteiger partial charge < -0.3 is 10.0 Å². The second kappa shape index (κ2) is 7.30. The van der Waals surface area contributed by atoms with E-state index < -0.39 is 21.1 Å². The number of nitrogens with zero attached hydrogens (tertiary/aromatic N) is 2. The lowest BCUT2D eigenvalue weighted by Crippen LogP contribution is -2.36. The summed E-state index contributed by atoms with van der Waals surface area (Å²) in [5, 5.41) is 21.1. The normalized spacial score (nSPS) is 15.7. The minimum Gasteiger partial charge on any atom is -0.393 e. The van der Waals surface area contributed by atoms with E-state index in [1.54, 1.807) is 35.2 Å². The first kappa shape index (κ1) is 18.2. The van der Waals surface area contributed by atoms with Crippen molar-refractivity contribution < 1.29 is 18.4 Å². The Kier molecular flexibility index (Phi) is 5.10. The zero-order valence-corrected chi connectivity index (χ0v) is 14.7. The van der Waals surface area contributed by atoms with Crippen molar-refractivity contribution in [1.29, 1.82) is 0 Å². The second-order valence-corrected chi connectivity index (χ2v) is 7.78. The van der Waals surface area contributed by atoms with E-state index in [2.05, 4.69) is 4.72 Å². The third-order valence-corrected chi connectivity index (χ3v) is 5.66. The van der Waals surface area contributed by atoms with Crippen molar-refractivity contribution in [2.45, 2.75) is 23.8 Å². The largest absolute Gasteiger partial charge is 0.393 e. The van der Waals surface area contributed by atoms with Crippen molar-refractivity contribution in [2.75, 3.05) is 22.7 Å². The summed E-state index contributed by atoms with van der Waals surface area (Å²) < 4.78 is 27.5. The summed E-state index contributed by atoms with van der Waals surface area (Å²) in [5.41, 5.74) is 0.474. The van der Waals surface area contributed by atoms with E-state index >= 15 is 0 Å². The number of anilines is 2. The first-order valence-corrected chi connectivity index (χ1v) is 9.64. The van der Waals surface area contributed by atoms with Crippen LogP contribution in [-0.2, 0) is 10.0 Å². The molecule has 1 aliphatic heterocycles. The minimum atomic E-state index is -3.94. The van der Waals surface area contributed by atoms with Gasteiger partial charge in [-0.3, -0.25) is 14.8 Å². The molecule has 2 aromatic rings. The Morgan fingerprint density at radius 2 is 1.77 bits per heavy atom. The predicted molar refractivity (Wildman–Crippen MR) is 97.8 cm³/mol. The van der Waals surface area contributed by atoms with Crippen LogP contribution in [0, 0.1) is 10.1 Å². The van der Waals surface area contributed by atoms with Gasteiger partial charge in [0.2, 0.25) is 0 Å². The molecule has 2 aromatic carbocycles. The molecule has 26 heavy (non-hydrogen) atoms. The van der Waals surface area contributed by atoms with E-state index in [-0.39, 0.29) is 10.6 Å². The van der Waals surface area contributed by atoms with Gasteiger partial charge in [0.05, 0.1) is 15.9 Å². The molecule has 0 unspecified atom stereocenters. The van der Waals surface area contributed by atoms with E-state index in [4.69, 9.17) is 0 Å². The van der Waals surface area contributed by atoms with Crippen LogP contribution in [0.1, 0.15) is 12.8 Å². The average molecular weight is 377 g/mol. The Morgan fingerprint density at radius 1 is 1.12 bits per heavy atom. The van der Waals surface area contributed by atoms with Gasteiger partial charge in [0, 0.05) is 24.8 Å². The maximum Gasteiger partial charge on any atom is 0.293 e. The van der Waals surface area contributed by atoms with Crippen molar-refractivity contribution in [2.24, 2.45) is 0 Å². The number of hydrogen-bond acceptors (Lipinski definition) is 6. The molecular weight excluding hydrogens is 358 g/mol. The van der Waals surface area contributed by atoms with Crippen LogP contribution in [0.5, 0.6) is 0 Å². The number of rotatable bonds is 5. The highest BCUT2D eigenvalue weighted by molar-refractivity contribution is 7.92.